The number of rotatable bonds is 7. The molecule has 6 nitrogen and oxygen atoms in total. The van der Waals surface area contributed by atoms with Gasteiger partial charge in [-0.3, -0.25) is 4.90 Å². The molecule has 4 atom stereocenters. The first-order valence-electron chi connectivity index (χ1n) is 11.1. The van der Waals surface area contributed by atoms with Crippen molar-refractivity contribution in [3.05, 3.63) is 65.2 Å². The second-order valence-corrected chi connectivity index (χ2v) is 8.78. The third kappa shape index (κ3) is 5.26. The maximum Gasteiger partial charge on any atom is 0.337 e. The molecule has 0 spiro atoms. The third-order valence-electron chi connectivity index (χ3n) is 6.57. The summed E-state index contributed by atoms with van der Waals surface area (Å²) in [6.45, 7) is 3.63. The van der Waals surface area contributed by atoms with Crippen LogP contribution in [-0.2, 0) is 17.7 Å². The van der Waals surface area contributed by atoms with E-state index in [9.17, 15) is 9.90 Å². The fourth-order valence-electron chi connectivity index (χ4n) is 4.97. The Morgan fingerprint density at radius 2 is 1.81 bits per heavy atom. The summed E-state index contributed by atoms with van der Waals surface area (Å²) in [6, 6.07) is 15.7. The maximum atomic E-state index is 11.8. The smallest absolute Gasteiger partial charge is 0.337 e. The molecule has 0 aromatic heterocycles. The third-order valence-corrected chi connectivity index (χ3v) is 6.57. The molecule has 4 rings (SSSR count). The monoisotopic (exact) mass is 424 g/mol. The first-order valence-corrected chi connectivity index (χ1v) is 11.1. The fraction of sp³-hybridized carbons (Fsp3) is 0.480. The van der Waals surface area contributed by atoms with Crippen LogP contribution in [0.2, 0.25) is 0 Å². The zero-order valence-electron chi connectivity index (χ0n) is 18.1. The number of fused-ring (bicyclic) bond motifs is 1. The van der Waals surface area contributed by atoms with Crippen molar-refractivity contribution in [1.82, 2.24) is 4.90 Å². The number of nitrogens with zero attached hydrogens (tertiary/aromatic N) is 1. The van der Waals surface area contributed by atoms with Crippen LogP contribution in [0.5, 0.6) is 5.75 Å². The van der Waals surface area contributed by atoms with E-state index < -0.39 is 12.1 Å². The summed E-state index contributed by atoms with van der Waals surface area (Å²) < 4.78 is 10.9. The number of likely N-dealkylation sites (tertiary alicyclic amines) is 1. The van der Waals surface area contributed by atoms with Crippen LogP contribution >= 0.6 is 0 Å². The Morgan fingerprint density at radius 1 is 1.10 bits per heavy atom. The quantitative estimate of drug-likeness (QED) is 0.665. The summed E-state index contributed by atoms with van der Waals surface area (Å²) in [4.78, 5) is 14.3. The minimum Gasteiger partial charge on any atom is -0.488 e. The minimum absolute atomic E-state index is 0.260. The summed E-state index contributed by atoms with van der Waals surface area (Å²) in [5, 5.41) is 10.7. The van der Waals surface area contributed by atoms with Gasteiger partial charge in [0.25, 0.3) is 0 Å². The molecule has 1 aliphatic heterocycles. The van der Waals surface area contributed by atoms with Gasteiger partial charge in [0.05, 0.1) is 18.8 Å². The Bertz CT molecular complexity index is 885. The van der Waals surface area contributed by atoms with Gasteiger partial charge < -0.3 is 20.3 Å². The Balaban J connectivity index is 1.35. The summed E-state index contributed by atoms with van der Waals surface area (Å²) >= 11 is 0. The zero-order chi connectivity index (χ0) is 21.8. The van der Waals surface area contributed by atoms with Crippen molar-refractivity contribution < 1.29 is 19.4 Å². The number of carbonyl (C=O) groups excluding carboxylic acids is 1. The SMILES string of the molecule is COC(=O)c1cccc(O[C@@H]2C[C@@H]3CN(Cc4ccc(CCN)cc4)C[C@@H]3C[C@H]2O)c1. The summed E-state index contributed by atoms with van der Waals surface area (Å²) in [6.07, 6.45) is 1.72. The van der Waals surface area contributed by atoms with Crippen LogP contribution in [0.4, 0.5) is 0 Å². The van der Waals surface area contributed by atoms with E-state index in [4.69, 9.17) is 15.2 Å². The average molecular weight is 425 g/mol. The Morgan fingerprint density at radius 3 is 2.52 bits per heavy atom. The zero-order valence-corrected chi connectivity index (χ0v) is 18.1. The van der Waals surface area contributed by atoms with Gasteiger partial charge in [0.1, 0.15) is 11.9 Å². The van der Waals surface area contributed by atoms with E-state index >= 15 is 0 Å². The standard InChI is InChI=1S/C25H32N2O4/c1-30-25(29)19-3-2-4-22(11-19)31-24-13-21-16-27(15-20(21)12-23(24)28)14-18-7-5-17(6-8-18)9-10-26/h2-8,11,20-21,23-24,28H,9-10,12-16,26H2,1H3/t20-,21+,23+,24+/m0/s1. The van der Waals surface area contributed by atoms with Crippen molar-refractivity contribution in [1.29, 1.82) is 0 Å². The van der Waals surface area contributed by atoms with Gasteiger partial charge in [-0.25, -0.2) is 4.79 Å². The van der Waals surface area contributed by atoms with E-state index in [0.29, 0.717) is 29.7 Å². The first-order chi connectivity index (χ1) is 15.1. The number of nitrogens with two attached hydrogens (primary N) is 1. The fourth-order valence-corrected chi connectivity index (χ4v) is 4.97. The average Bonchev–Trinajstić information content (AvgIpc) is 3.16. The molecule has 2 aromatic rings. The number of carbonyl (C=O) groups is 1. The van der Waals surface area contributed by atoms with Crippen LogP contribution < -0.4 is 10.5 Å². The second kappa shape index (κ2) is 9.81. The number of esters is 1. The van der Waals surface area contributed by atoms with Crippen molar-refractivity contribution in [2.45, 2.75) is 38.0 Å². The summed E-state index contributed by atoms with van der Waals surface area (Å²) in [5.74, 6) is 1.21. The number of ether oxygens (including phenoxy) is 2. The molecule has 0 unspecified atom stereocenters. The summed E-state index contributed by atoms with van der Waals surface area (Å²) in [7, 11) is 1.36. The lowest BCUT2D eigenvalue weighted by Gasteiger charge is -2.35. The number of benzene rings is 2. The molecule has 1 saturated carbocycles. The molecular formula is C25H32N2O4. The van der Waals surface area contributed by atoms with Gasteiger partial charge in [-0.2, -0.15) is 0 Å². The molecule has 2 aromatic carbocycles. The van der Waals surface area contributed by atoms with Crippen LogP contribution in [0.15, 0.2) is 48.5 Å². The number of methoxy groups -OCH3 is 1. The van der Waals surface area contributed by atoms with Crippen LogP contribution in [0.1, 0.15) is 34.3 Å². The van der Waals surface area contributed by atoms with E-state index in [2.05, 4.69) is 29.2 Å². The molecule has 31 heavy (non-hydrogen) atoms. The van der Waals surface area contributed by atoms with Gasteiger partial charge in [0.2, 0.25) is 0 Å². The highest BCUT2D eigenvalue weighted by Crippen LogP contribution is 2.38. The maximum absolute atomic E-state index is 11.8. The minimum atomic E-state index is -0.501. The van der Waals surface area contributed by atoms with Crippen LogP contribution in [0.25, 0.3) is 0 Å². The number of hydrogen-bond acceptors (Lipinski definition) is 6. The van der Waals surface area contributed by atoms with Crippen molar-refractivity contribution in [2.24, 2.45) is 17.6 Å². The highest BCUT2D eigenvalue weighted by atomic mass is 16.5. The molecule has 0 radical (unpaired) electrons. The topological polar surface area (TPSA) is 85.0 Å². The van der Waals surface area contributed by atoms with Crippen molar-refractivity contribution in [2.75, 3.05) is 26.7 Å². The highest BCUT2D eigenvalue weighted by Gasteiger charge is 2.42. The van der Waals surface area contributed by atoms with E-state index in [-0.39, 0.29) is 6.10 Å². The van der Waals surface area contributed by atoms with E-state index in [1.807, 2.05) is 6.07 Å². The Labute approximate surface area is 184 Å². The molecule has 0 bridgehead atoms. The molecule has 1 saturated heterocycles. The van der Waals surface area contributed by atoms with Gasteiger partial charge in [0, 0.05) is 19.6 Å². The lowest BCUT2D eigenvalue weighted by molar-refractivity contribution is -0.0231. The van der Waals surface area contributed by atoms with Crippen LogP contribution in [-0.4, -0.2) is 54.9 Å². The van der Waals surface area contributed by atoms with Gasteiger partial charge in [0.15, 0.2) is 0 Å². The van der Waals surface area contributed by atoms with Crippen molar-refractivity contribution in [3.63, 3.8) is 0 Å². The number of aliphatic hydroxyl groups is 1. The molecule has 166 valence electrons. The lowest BCUT2D eigenvalue weighted by atomic mass is 9.78. The first kappa shape index (κ1) is 21.8. The molecule has 2 fully saturated rings. The van der Waals surface area contributed by atoms with Gasteiger partial charge in [-0.05, 0) is 67.0 Å². The van der Waals surface area contributed by atoms with Gasteiger partial charge >= 0.3 is 5.97 Å². The van der Waals surface area contributed by atoms with Gasteiger partial charge in [-0.1, -0.05) is 30.3 Å². The Kier molecular flexibility index (Phi) is 6.90. The van der Waals surface area contributed by atoms with E-state index in [0.717, 1.165) is 38.9 Å². The van der Waals surface area contributed by atoms with Gasteiger partial charge in [-0.15, -0.1) is 0 Å². The number of aliphatic hydroxyl groups excluding tert-OH is 1. The van der Waals surface area contributed by atoms with Crippen molar-refractivity contribution in [3.8, 4) is 5.75 Å². The Hall–Kier alpha value is -2.41. The molecule has 3 N–H and O–H groups in total. The normalized spacial score (nSPS) is 25.8. The predicted molar refractivity (Wildman–Crippen MR) is 119 cm³/mol. The number of hydrogen-bond donors (Lipinski definition) is 2. The van der Waals surface area contributed by atoms with Crippen molar-refractivity contribution >= 4 is 5.97 Å². The second-order valence-electron chi connectivity index (χ2n) is 8.78. The molecule has 2 aliphatic rings. The largest absolute Gasteiger partial charge is 0.488 e. The molecule has 1 aliphatic carbocycles. The van der Waals surface area contributed by atoms with Crippen LogP contribution in [0.3, 0.4) is 0 Å². The van der Waals surface area contributed by atoms with Crippen LogP contribution in [0, 0.1) is 11.8 Å². The van der Waals surface area contributed by atoms with E-state index in [1.54, 1.807) is 18.2 Å². The molecule has 6 heteroatoms. The molecule has 1 heterocycles. The molecule has 0 amide bonds. The highest BCUT2D eigenvalue weighted by molar-refractivity contribution is 5.89. The predicted octanol–water partition coefficient (Wildman–Crippen LogP) is 2.62. The molecular weight excluding hydrogens is 392 g/mol. The van der Waals surface area contributed by atoms with E-state index in [1.165, 1.54) is 18.2 Å². The lowest BCUT2D eigenvalue weighted by Crippen LogP contribution is -2.42. The summed E-state index contributed by atoms with van der Waals surface area (Å²) in [5.41, 5.74) is 8.68.